The molecule has 0 amide bonds. The molecule has 2 N–H and O–H groups in total. The summed E-state index contributed by atoms with van der Waals surface area (Å²) in [6.07, 6.45) is 2.64. The molecule has 3 nitrogen and oxygen atoms in total. The lowest BCUT2D eigenvalue weighted by Crippen LogP contribution is -2.35. The van der Waals surface area contributed by atoms with E-state index in [4.69, 9.17) is 0 Å². The van der Waals surface area contributed by atoms with Gasteiger partial charge in [0, 0.05) is 18.3 Å². The summed E-state index contributed by atoms with van der Waals surface area (Å²) in [4.78, 5) is 4.34. The molecule has 68 valence electrons. The van der Waals surface area contributed by atoms with Crippen LogP contribution in [0.4, 0.5) is 0 Å². The molecule has 2 heterocycles. The van der Waals surface area contributed by atoms with Gasteiger partial charge in [0.1, 0.15) is 0 Å². The second-order valence-corrected chi connectivity index (χ2v) is 4.29. The van der Waals surface area contributed by atoms with Gasteiger partial charge in [0.15, 0.2) is 5.17 Å². The zero-order chi connectivity index (χ0) is 8.23. The molecule has 0 bridgehead atoms. The van der Waals surface area contributed by atoms with Crippen LogP contribution in [0, 0.1) is 0 Å². The fourth-order valence-electron chi connectivity index (χ4n) is 1.58. The van der Waals surface area contributed by atoms with E-state index in [0.717, 1.165) is 24.0 Å². The summed E-state index contributed by atoms with van der Waals surface area (Å²) >= 11 is 1.84. The van der Waals surface area contributed by atoms with Crippen molar-refractivity contribution in [2.24, 2.45) is 4.99 Å². The molecule has 0 aromatic carbocycles. The van der Waals surface area contributed by atoms with E-state index < -0.39 is 0 Å². The third kappa shape index (κ3) is 2.14. The van der Waals surface area contributed by atoms with Crippen LogP contribution in [0.1, 0.15) is 12.8 Å². The van der Waals surface area contributed by atoms with E-state index in [9.17, 15) is 0 Å². The number of nitrogens with one attached hydrogen (secondary N) is 2. The Kier molecular flexibility index (Phi) is 2.89. The highest BCUT2D eigenvalue weighted by molar-refractivity contribution is 8.14. The molecule has 1 fully saturated rings. The highest BCUT2D eigenvalue weighted by Gasteiger charge is 2.14. The summed E-state index contributed by atoms with van der Waals surface area (Å²) in [6.45, 7) is 3.23. The molecular weight excluding hydrogens is 170 g/mol. The van der Waals surface area contributed by atoms with Crippen LogP contribution in [0.15, 0.2) is 4.99 Å². The van der Waals surface area contributed by atoms with E-state index in [1.54, 1.807) is 0 Å². The van der Waals surface area contributed by atoms with E-state index in [1.807, 2.05) is 11.8 Å². The topological polar surface area (TPSA) is 36.4 Å². The first-order valence-electron chi connectivity index (χ1n) is 4.59. The van der Waals surface area contributed by atoms with Gasteiger partial charge < -0.3 is 10.6 Å². The number of hydrogen-bond acceptors (Lipinski definition) is 4. The third-order valence-electron chi connectivity index (χ3n) is 2.25. The standard InChI is InChI=1S/C8H15N3S/c1-2-7(9-3-1)6-11-8-10-4-5-12-8/h7,9H,1-6H2,(H,10,11). The van der Waals surface area contributed by atoms with Crippen molar-refractivity contribution in [2.75, 3.05) is 25.4 Å². The summed E-state index contributed by atoms with van der Waals surface area (Å²) in [5.41, 5.74) is 0. The summed E-state index contributed by atoms with van der Waals surface area (Å²) in [6, 6.07) is 0.675. The number of aliphatic imine (C=N–C) groups is 1. The Hall–Kier alpha value is -0.220. The highest BCUT2D eigenvalue weighted by atomic mass is 32.2. The molecule has 2 aliphatic rings. The first kappa shape index (κ1) is 8.38. The Balaban J connectivity index is 1.67. The number of hydrogen-bond donors (Lipinski definition) is 2. The Bertz CT molecular complexity index is 175. The molecule has 0 saturated carbocycles. The summed E-state index contributed by atoms with van der Waals surface area (Å²) in [5.74, 6) is 1.15. The number of nitrogens with zero attached hydrogens (tertiary/aromatic N) is 1. The van der Waals surface area contributed by atoms with Crippen LogP contribution in [0.25, 0.3) is 0 Å². The van der Waals surface area contributed by atoms with Crippen molar-refractivity contribution < 1.29 is 0 Å². The van der Waals surface area contributed by atoms with Gasteiger partial charge in [-0.25, -0.2) is 0 Å². The first-order chi connectivity index (χ1) is 5.95. The Morgan fingerprint density at radius 2 is 2.67 bits per heavy atom. The van der Waals surface area contributed by atoms with Crippen molar-refractivity contribution in [3.05, 3.63) is 0 Å². The van der Waals surface area contributed by atoms with Gasteiger partial charge in [0.2, 0.25) is 0 Å². The molecule has 2 aliphatic heterocycles. The smallest absolute Gasteiger partial charge is 0.156 e. The molecule has 0 spiro atoms. The maximum atomic E-state index is 4.34. The van der Waals surface area contributed by atoms with Gasteiger partial charge in [0.25, 0.3) is 0 Å². The lowest BCUT2D eigenvalue weighted by molar-refractivity contribution is 0.591. The van der Waals surface area contributed by atoms with Crippen LogP contribution in [0.3, 0.4) is 0 Å². The summed E-state index contributed by atoms with van der Waals surface area (Å²) < 4.78 is 0. The monoisotopic (exact) mass is 185 g/mol. The van der Waals surface area contributed by atoms with Crippen molar-refractivity contribution in [3.8, 4) is 0 Å². The molecule has 0 aromatic rings. The van der Waals surface area contributed by atoms with Gasteiger partial charge in [0.05, 0.1) is 6.54 Å². The molecule has 0 aromatic heterocycles. The van der Waals surface area contributed by atoms with E-state index in [1.165, 1.54) is 19.4 Å². The molecule has 1 unspecified atom stereocenters. The zero-order valence-electron chi connectivity index (χ0n) is 7.18. The fraction of sp³-hybridized carbons (Fsp3) is 0.875. The van der Waals surface area contributed by atoms with Crippen LogP contribution in [0.2, 0.25) is 0 Å². The van der Waals surface area contributed by atoms with Crippen molar-refractivity contribution in [2.45, 2.75) is 18.9 Å². The quantitative estimate of drug-likeness (QED) is 0.655. The molecular formula is C8H15N3S. The maximum Gasteiger partial charge on any atom is 0.156 e. The van der Waals surface area contributed by atoms with E-state index in [2.05, 4.69) is 15.6 Å². The van der Waals surface area contributed by atoms with Crippen LogP contribution in [0.5, 0.6) is 0 Å². The number of rotatable bonds is 2. The van der Waals surface area contributed by atoms with E-state index >= 15 is 0 Å². The lowest BCUT2D eigenvalue weighted by atomic mass is 10.2. The van der Waals surface area contributed by atoms with Gasteiger partial charge in [-0.15, -0.1) is 0 Å². The van der Waals surface area contributed by atoms with Gasteiger partial charge in [-0.1, -0.05) is 11.8 Å². The number of amidine groups is 1. The minimum atomic E-state index is 0.675. The van der Waals surface area contributed by atoms with Gasteiger partial charge in [-0.05, 0) is 19.4 Å². The van der Waals surface area contributed by atoms with Crippen LogP contribution >= 0.6 is 11.8 Å². The molecule has 2 rings (SSSR count). The van der Waals surface area contributed by atoms with Gasteiger partial charge in [-0.2, -0.15) is 0 Å². The first-order valence-corrected chi connectivity index (χ1v) is 5.58. The van der Waals surface area contributed by atoms with Gasteiger partial charge >= 0.3 is 0 Å². The second-order valence-electron chi connectivity index (χ2n) is 3.21. The third-order valence-corrected chi connectivity index (χ3v) is 3.18. The van der Waals surface area contributed by atoms with E-state index in [0.29, 0.717) is 6.04 Å². The summed E-state index contributed by atoms with van der Waals surface area (Å²) in [7, 11) is 0. The molecule has 4 heteroatoms. The predicted octanol–water partition coefficient (Wildman–Crippen LogP) is 0.431. The Labute approximate surface area is 77.4 Å². The molecule has 1 saturated heterocycles. The second kappa shape index (κ2) is 4.14. The lowest BCUT2D eigenvalue weighted by Gasteiger charge is -2.11. The van der Waals surface area contributed by atoms with Crippen LogP contribution < -0.4 is 10.6 Å². The average molecular weight is 185 g/mol. The maximum absolute atomic E-state index is 4.34. The largest absolute Gasteiger partial charge is 0.363 e. The summed E-state index contributed by atoms with van der Waals surface area (Å²) in [5, 5.41) is 7.97. The molecule has 0 radical (unpaired) electrons. The van der Waals surface area contributed by atoms with Gasteiger partial charge in [-0.3, -0.25) is 4.99 Å². The molecule has 0 aliphatic carbocycles. The SMILES string of the molecule is C1CNC(CNC2=NCCS2)C1. The fourth-order valence-corrected chi connectivity index (χ4v) is 2.33. The van der Waals surface area contributed by atoms with Crippen molar-refractivity contribution in [3.63, 3.8) is 0 Å². The van der Waals surface area contributed by atoms with Crippen LogP contribution in [-0.4, -0.2) is 36.6 Å². The number of thioether (sulfide) groups is 1. The van der Waals surface area contributed by atoms with Crippen LogP contribution in [-0.2, 0) is 0 Å². The highest BCUT2D eigenvalue weighted by Crippen LogP contribution is 2.10. The normalized spacial score (nSPS) is 29.0. The molecule has 1 atom stereocenters. The molecule has 12 heavy (non-hydrogen) atoms. The van der Waals surface area contributed by atoms with Crippen molar-refractivity contribution >= 4 is 16.9 Å². The van der Waals surface area contributed by atoms with E-state index in [-0.39, 0.29) is 0 Å². The van der Waals surface area contributed by atoms with Crippen molar-refractivity contribution in [1.82, 2.24) is 10.6 Å². The zero-order valence-corrected chi connectivity index (χ0v) is 7.99. The van der Waals surface area contributed by atoms with Crippen molar-refractivity contribution in [1.29, 1.82) is 0 Å². The Morgan fingerprint density at radius 1 is 1.67 bits per heavy atom. The average Bonchev–Trinajstić information content (AvgIpc) is 2.74. The minimum Gasteiger partial charge on any atom is -0.363 e. The predicted molar refractivity (Wildman–Crippen MR) is 53.8 cm³/mol. The Morgan fingerprint density at radius 3 is 3.33 bits per heavy atom. The minimum absolute atomic E-state index is 0.675.